The van der Waals surface area contributed by atoms with E-state index in [9.17, 15) is 58.1 Å². The molecule has 43 heteroatoms. The summed E-state index contributed by atoms with van der Waals surface area (Å²) >= 11 is 0.586. The number of amides is 16. The molecule has 0 radical (unpaired) electrons. The van der Waals surface area contributed by atoms with Crippen LogP contribution < -0.4 is 65.1 Å². The van der Waals surface area contributed by atoms with Gasteiger partial charge < -0.3 is 115 Å². The fourth-order valence-corrected chi connectivity index (χ4v) is 16.9. The van der Waals surface area contributed by atoms with Gasteiger partial charge in [0.05, 0.1) is 31.9 Å². The minimum atomic E-state index is -1.96. The molecule has 3 aliphatic rings. The number of aromatic amines is 1. The first-order valence-electron chi connectivity index (χ1n) is 43.8. The van der Waals surface area contributed by atoms with Crippen LogP contribution in [0.3, 0.4) is 0 Å². The number of aliphatic carboxylic acids is 1. The number of nitrogens with one attached hydrogen (secondary N) is 10. The smallest absolute Gasteiger partial charge is 0.305 e. The summed E-state index contributed by atoms with van der Waals surface area (Å²) in [5.41, 5.74) is 18.9. The van der Waals surface area contributed by atoms with Gasteiger partial charge in [-0.05, 0) is 115 Å². The van der Waals surface area contributed by atoms with Gasteiger partial charge in [0, 0.05) is 95.6 Å². The number of phenols is 2. The lowest BCUT2D eigenvalue weighted by atomic mass is 9.98. The number of thioether (sulfide) groups is 1. The second kappa shape index (κ2) is 49.1. The summed E-state index contributed by atoms with van der Waals surface area (Å²) in [6.07, 6.45) is -2.68. The maximum atomic E-state index is 15.7. The molecule has 722 valence electrons. The molecule has 134 heavy (non-hydrogen) atoms. The van der Waals surface area contributed by atoms with E-state index in [0.717, 1.165) is 31.5 Å². The molecule has 16 amide bonds. The van der Waals surface area contributed by atoms with Crippen LogP contribution in [0.25, 0.3) is 10.9 Å². The number of nitrogens with zero attached hydrogens (tertiary/aromatic N) is 5. The molecule has 3 aliphatic heterocycles. The van der Waals surface area contributed by atoms with Crippen LogP contribution in [0.4, 0.5) is 13.2 Å². The number of carbonyl (C=O) groups excluding carboxylic acids is 16. The minimum absolute atomic E-state index is 0.0716. The van der Waals surface area contributed by atoms with Gasteiger partial charge in [0.25, 0.3) is 0 Å². The number of unbranched alkanes of at least 4 members (excludes halogenated alkanes) is 1. The molecule has 5 aromatic carbocycles. The number of hydrogen-bond donors (Lipinski definition) is 16. The van der Waals surface area contributed by atoms with Gasteiger partial charge in [-0.1, -0.05) is 106 Å². The summed E-state index contributed by atoms with van der Waals surface area (Å²) in [5, 5.41) is 54.6. The third-order valence-corrected chi connectivity index (χ3v) is 24.4. The van der Waals surface area contributed by atoms with Crippen molar-refractivity contribution >= 4 is 123 Å². The summed E-state index contributed by atoms with van der Waals surface area (Å²) in [7, 11) is 3.63. The zero-order chi connectivity index (χ0) is 97.9. The van der Waals surface area contributed by atoms with E-state index in [-0.39, 0.29) is 93.8 Å². The molecule has 4 heterocycles. The minimum Gasteiger partial charge on any atom is -0.508 e. The van der Waals surface area contributed by atoms with Crippen LogP contribution >= 0.6 is 11.8 Å². The van der Waals surface area contributed by atoms with Gasteiger partial charge in [-0.15, -0.1) is 11.8 Å². The lowest BCUT2D eigenvalue weighted by Gasteiger charge is -2.38. The highest BCUT2D eigenvalue weighted by Crippen LogP contribution is 2.28. The van der Waals surface area contributed by atoms with Crippen LogP contribution in [-0.2, 0) is 118 Å². The number of nitrogens with two attached hydrogens (primary N) is 3. The van der Waals surface area contributed by atoms with Crippen LogP contribution in [0.5, 0.6) is 11.5 Å². The zero-order valence-electron chi connectivity index (χ0n) is 74.9. The number of phenolic OH excluding ortho intramolecular Hbond substituents is 2. The molecule has 0 spiro atoms. The summed E-state index contributed by atoms with van der Waals surface area (Å²) in [4.78, 5) is 258. The number of H-pyrrole nitrogens is 1. The Balaban J connectivity index is 1.14. The predicted octanol–water partition coefficient (Wildman–Crippen LogP) is -0.629. The van der Waals surface area contributed by atoms with Crippen molar-refractivity contribution in [1.82, 2.24) is 77.3 Å². The van der Waals surface area contributed by atoms with Crippen molar-refractivity contribution < 1.29 is 115 Å². The molecule has 1 aromatic heterocycles. The number of likely N-dealkylation sites (N-methyl/N-ethyl adjacent to an activating group) is 3. The van der Waals surface area contributed by atoms with Crippen molar-refractivity contribution in [2.75, 3.05) is 72.0 Å². The van der Waals surface area contributed by atoms with E-state index in [0.29, 0.717) is 52.3 Å². The van der Waals surface area contributed by atoms with Crippen molar-refractivity contribution in [3.05, 3.63) is 167 Å². The van der Waals surface area contributed by atoms with Crippen LogP contribution in [-0.4, -0.2) is 296 Å². The molecule has 0 bridgehead atoms. The molecule has 6 aromatic rings. The number of aromatic hydroxyl groups is 2. The number of carboxylic acids is 1. The maximum Gasteiger partial charge on any atom is 0.305 e. The first-order valence-corrected chi connectivity index (χ1v) is 44.9. The molecule has 0 saturated carbocycles. The first kappa shape index (κ1) is 104. The van der Waals surface area contributed by atoms with Gasteiger partial charge in [-0.25, -0.2) is 13.2 Å². The van der Waals surface area contributed by atoms with Crippen LogP contribution in [0.15, 0.2) is 121 Å². The average Bonchev–Trinajstić information content (AvgIpc) is 1.35. The topological polar surface area (TPSA) is 578 Å². The first-order chi connectivity index (χ1) is 63.7. The lowest BCUT2D eigenvalue weighted by Crippen LogP contribution is -2.64. The molecule has 0 unspecified atom stereocenters. The summed E-state index contributed by atoms with van der Waals surface area (Å²) < 4.78 is 50.9. The number of aromatic nitrogens is 1. The molecule has 13 atom stereocenters. The van der Waals surface area contributed by atoms with E-state index in [1.807, 2.05) is 0 Å². The number of benzene rings is 5. The third kappa shape index (κ3) is 28.7. The highest BCUT2D eigenvalue weighted by molar-refractivity contribution is 8.00. The molecule has 3 fully saturated rings. The number of carboxylic acid groups (broad SMARTS) is 1. The largest absolute Gasteiger partial charge is 0.508 e. The van der Waals surface area contributed by atoms with Gasteiger partial charge in [0.15, 0.2) is 17.5 Å². The van der Waals surface area contributed by atoms with Crippen molar-refractivity contribution in [1.29, 1.82) is 0 Å². The monoisotopic (exact) mass is 1880 g/mol. The van der Waals surface area contributed by atoms with Crippen LogP contribution in [0.1, 0.15) is 106 Å². The molecule has 0 aliphatic carbocycles. The third-order valence-electron chi connectivity index (χ3n) is 23.4. The molecule has 19 N–H and O–H groups in total. The molecular weight excluding hydrogens is 1770 g/mol. The number of primary amides is 2. The average molecular weight is 1890 g/mol. The Bertz CT molecular complexity index is 5230. The Hall–Kier alpha value is -13.7. The van der Waals surface area contributed by atoms with E-state index < -0.39 is 271 Å². The Morgan fingerprint density at radius 1 is 0.537 bits per heavy atom. The van der Waals surface area contributed by atoms with Gasteiger partial charge >= 0.3 is 5.97 Å². The van der Waals surface area contributed by atoms with E-state index in [2.05, 4.69) is 52.8 Å². The van der Waals surface area contributed by atoms with E-state index in [4.69, 9.17) is 21.9 Å². The number of rotatable bonds is 24. The van der Waals surface area contributed by atoms with Gasteiger partial charge in [0.2, 0.25) is 94.5 Å². The number of halogens is 3. The number of para-hydroxylation sites is 1. The maximum absolute atomic E-state index is 15.7. The molecule has 9 rings (SSSR count). The second-order valence-corrected chi connectivity index (χ2v) is 34.5. The summed E-state index contributed by atoms with van der Waals surface area (Å²) in [6, 6.07) is 4.97. The van der Waals surface area contributed by atoms with Crippen LogP contribution in [0, 0.1) is 23.4 Å². The van der Waals surface area contributed by atoms with Crippen molar-refractivity contribution in [3.63, 3.8) is 0 Å². The zero-order valence-corrected chi connectivity index (χ0v) is 75.7. The van der Waals surface area contributed by atoms with E-state index >= 15 is 51.9 Å². The fraction of sp³-hybridized carbons (Fsp3) is 0.462. The predicted molar refractivity (Wildman–Crippen MR) is 480 cm³/mol. The Labute approximate surface area is 774 Å². The van der Waals surface area contributed by atoms with E-state index in [1.54, 1.807) is 67.7 Å². The van der Waals surface area contributed by atoms with Crippen molar-refractivity contribution in [2.45, 2.75) is 189 Å². The second-order valence-electron chi connectivity index (χ2n) is 33.5. The van der Waals surface area contributed by atoms with Crippen LogP contribution in [0.2, 0.25) is 0 Å². The lowest BCUT2D eigenvalue weighted by molar-refractivity contribution is -0.152. The normalized spacial score (nSPS) is 23.5. The fourth-order valence-electron chi connectivity index (χ4n) is 16.0. The number of carbonyl (C=O) groups is 17. The Morgan fingerprint density at radius 2 is 1.08 bits per heavy atom. The van der Waals surface area contributed by atoms with E-state index in [1.165, 1.54) is 76.5 Å². The summed E-state index contributed by atoms with van der Waals surface area (Å²) in [5.74, 6) is -26.3. The van der Waals surface area contributed by atoms with Gasteiger partial charge in [-0.3, -0.25) is 81.5 Å². The SMILES string of the molecule is CCCC[C@H]1C(=O)N2CCC[C@@H]2C(=O)N[C@@H](CC(=O)O)C(=O)N[C@H](C(C)C)C(=O)N(C)[C@@H](Cc2ccccc2)C(=O)N[C@@H](CCN)C(=O)N2CCOC[C@@H]2C(=O)N[C@H](Cc2c[nH]c3ccccc23)C(=O)N[C@@H](Cc2ccc(O)cc2)C(=O)N[C@@H](CCC(N)=O)C(=O)N[C@H](C(=O)NCC(N)=O)CSCC(=O)N[C@@H](Cc2cc(F)c(F)c(F)c2)C(=O)N(C)[C@@H](Cc2ccc(O)cc2)C(=O)N1C. The molecule has 39 nitrogen and oxygen atoms in total. The van der Waals surface area contributed by atoms with Gasteiger partial charge in [-0.2, -0.15) is 0 Å². The highest BCUT2D eigenvalue weighted by atomic mass is 32.2. The number of ether oxygens (including phenoxy) is 1. The highest BCUT2D eigenvalue weighted by Gasteiger charge is 2.46. The molecular formula is C91H115F3N18O21S. The van der Waals surface area contributed by atoms with Gasteiger partial charge in [0.1, 0.15) is 90.0 Å². The number of morpholine rings is 1. The molecule has 3 saturated heterocycles. The van der Waals surface area contributed by atoms with Crippen molar-refractivity contribution in [3.8, 4) is 11.5 Å². The Morgan fingerprint density at radius 3 is 1.71 bits per heavy atom. The number of fused-ring (bicyclic) bond motifs is 3. The standard InChI is InChI=1S/C91H115F3N18O21S/c1-7-8-19-69-90(131)111-33-14-20-68(111)84(125)105-65(43-76(118)119)83(124)107-78(49(2)3)91(132)109(5)70(40-50-15-10-9-11-16-50)85(126)102-62(31-32-95)88(129)112-34-35-133-46-72(112)86(127)104-64(42-54-44-98-60-18-13-12-17-57(54)60)82(123)103-63(38-51-21-25-55(113)26-22-51)81(122)101-61(29-30-73(96)115)80(121)106-67(79(120)99-45-74(97)116)47-134-48-75(117)100-66(39-53-36-58(92)77(94)59(93)37-53)87(128)110(6)71(89(130)108(69)4)41-52-23-27-56(114)28-24-52/h9-13,15-18,21-28,36-37,44,49,61-72,78,98,113-114H,7-8,14,19-20,29-35,38-43,45-48,95H2,1-6H3,(H2,96,115)(H2,97,116)(H,99,120)(H,100,117)(H,101,122)(H,102,126)(H,103,123)(H,104,127)(H,105,125)(H,106,121)(H,107,124)(H,118,119)/t61-,62-,63-,64+,65-,66-,67-,68+,69-,70-,71-,72+,78+/m0/s1. The summed E-state index contributed by atoms with van der Waals surface area (Å²) in [6.45, 7) is 2.66. The quantitative estimate of drug-likeness (QED) is 0.0336. The number of hydrogen-bond acceptors (Lipinski definition) is 22. The van der Waals surface area contributed by atoms with Crippen molar-refractivity contribution in [2.24, 2.45) is 23.1 Å². The Kier molecular flexibility index (Phi) is 38.1.